The van der Waals surface area contributed by atoms with Gasteiger partial charge in [-0.2, -0.15) is 0 Å². The Morgan fingerprint density at radius 1 is 1.20 bits per heavy atom. The number of aliphatic hydroxyl groups excluding tert-OH is 1. The van der Waals surface area contributed by atoms with E-state index in [0.29, 0.717) is 12.2 Å². The first-order chi connectivity index (χ1) is 4.86. The highest BCUT2D eigenvalue weighted by Gasteiger charge is 2.42. The lowest BCUT2D eigenvalue weighted by Crippen LogP contribution is -2.09. The molecule has 1 aliphatic heterocycles. The molecular formula is C8H16O2. The second kappa shape index (κ2) is 3.35. The molecule has 0 bridgehead atoms. The zero-order valence-corrected chi connectivity index (χ0v) is 6.71. The van der Waals surface area contributed by atoms with E-state index in [-0.39, 0.29) is 0 Å². The fourth-order valence-corrected chi connectivity index (χ4v) is 1.60. The van der Waals surface area contributed by atoms with Crippen LogP contribution in [-0.2, 0) is 4.74 Å². The Morgan fingerprint density at radius 2 is 1.90 bits per heavy atom. The molecule has 0 aromatic rings. The maximum Gasteiger partial charge on any atom is 0.0844 e. The molecule has 0 spiro atoms. The van der Waals surface area contributed by atoms with Gasteiger partial charge in [0.15, 0.2) is 0 Å². The van der Waals surface area contributed by atoms with Gasteiger partial charge in [-0.1, -0.05) is 6.92 Å². The van der Waals surface area contributed by atoms with Crippen molar-refractivity contribution in [2.45, 2.75) is 38.4 Å². The molecule has 3 atom stereocenters. The normalized spacial score (nSPS) is 42.9. The quantitative estimate of drug-likeness (QED) is 0.518. The molecule has 1 heterocycles. The molecule has 3 unspecified atom stereocenters. The minimum atomic E-state index is 0.679. The molecule has 2 aliphatic rings. The maximum atomic E-state index is 7.00. The fraction of sp³-hybridized carbons (Fsp3) is 1.00. The second-order valence-corrected chi connectivity index (χ2v) is 3.13. The van der Waals surface area contributed by atoms with Gasteiger partial charge < -0.3 is 9.84 Å². The van der Waals surface area contributed by atoms with Crippen molar-refractivity contribution in [1.82, 2.24) is 0 Å². The number of aliphatic hydroxyl groups is 1. The van der Waals surface area contributed by atoms with Crippen molar-refractivity contribution in [1.29, 1.82) is 0 Å². The second-order valence-electron chi connectivity index (χ2n) is 3.13. The van der Waals surface area contributed by atoms with Gasteiger partial charge in [0, 0.05) is 7.11 Å². The lowest BCUT2D eigenvalue weighted by Gasteiger charge is -2.11. The van der Waals surface area contributed by atoms with Crippen molar-refractivity contribution in [3.63, 3.8) is 0 Å². The van der Waals surface area contributed by atoms with Crippen LogP contribution in [-0.4, -0.2) is 24.4 Å². The molecule has 2 rings (SSSR count). The SMILES string of the molecule is CC1CCC2OC2C1.CO. The summed E-state index contributed by atoms with van der Waals surface area (Å²) in [7, 11) is 1.00. The summed E-state index contributed by atoms with van der Waals surface area (Å²) in [5.74, 6) is 0.929. The topological polar surface area (TPSA) is 32.8 Å². The summed E-state index contributed by atoms with van der Waals surface area (Å²) in [6.07, 6.45) is 5.41. The van der Waals surface area contributed by atoms with Gasteiger partial charge in [-0.15, -0.1) is 0 Å². The number of epoxide rings is 1. The van der Waals surface area contributed by atoms with E-state index in [0.717, 1.165) is 13.0 Å². The van der Waals surface area contributed by atoms with Gasteiger partial charge in [0.2, 0.25) is 0 Å². The van der Waals surface area contributed by atoms with E-state index in [1.807, 2.05) is 0 Å². The summed E-state index contributed by atoms with van der Waals surface area (Å²) in [5, 5.41) is 7.00. The third-order valence-corrected chi connectivity index (χ3v) is 2.27. The zero-order chi connectivity index (χ0) is 7.56. The predicted octanol–water partition coefficient (Wildman–Crippen LogP) is 1.18. The van der Waals surface area contributed by atoms with Gasteiger partial charge in [0.25, 0.3) is 0 Å². The van der Waals surface area contributed by atoms with E-state index >= 15 is 0 Å². The smallest absolute Gasteiger partial charge is 0.0844 e. The van der Waals surface area contributed by atoms with Crippen molar-refractivity contribution in [3.05, 3.63) is 0 Å². The molecule has 1 saturated carbocycles. The molecule has 0 amide bonds. The van der Waals surface area contributed by atoms with Crippen LogP contribution in [0.1, 0.15) is 26.2 Å². The summed E-state index contributed by atoms with van der Waals surface area (Å²) in [6.45, 7) is 2.32. The summed E-state index contributed by atoms with van der Waals surface area (Å²) in [6, 6.07) is 0. The van der Waals surface area contributed by atoms with Crippen LogP contribution in [0.4, 0.5) is 0 Å². The zero-order valence-electron chi connectivity index (χ0n) is 6.71. The first-order valence-corrected chi connectivity index (χ1v) is 3.96. The lowest BCUT2D eigenvalue weighted by atomic mass is 9.91. The van der Waals surface area contributed by atoms with Crippen LogP contribution in [0, 0.1) is 5.92 Å². The highest BCUT2D eigenvalue weighted by atomic mass is 16.6. The molecule has 10 heavy (non-hydrogen) atoms. The number of ether oxygens (including phenoxy) is 1. The average molecular weight is 144 g/mol. The van der Waals surface area contributed by atoms with Crippen molar-refractivity contribution in [2.24, 2.45) is 5.92 Å². The highest BCUT2D eigenvalue weighted by molar-refractivity contribution is 4.90. The molecule has 0 radical (unpaired) electrons. The van der Waals surface area contributed by atoms with E-state index in [9.17, 15) is 0 Å². The number of fused-ring (bicyclic) bond motifs is 1. The van der Waals surface area contributed by atoms with E-state index in [2.05, 4.69) is 6.92 Å². The van der Waals surface area contributed by atoms with E-state index in [4.69, 9.17) is 9.84 Å². The molecule has 1 N–H and O–H groups in total. The molecule has 2 heteroatoms. The Bertz CT molecular complexity index is 103. The van der Waals surface area contributed by atoms with E-state index in [1.54, 1.807) is 0 Å². The van der Waals surface area contributed by atoms with Crippen molar-refractivity contribution < 1.29 is 9.84 Å². The monoisotopic (exact) mass is 144 g/mol. The lowest BCUT2D eigenvalue weighted by molar-refractivity contribution is 0.367. The van der Waals surface area contributed by atoms with Gasteiger partial charge >= 0.3 is 0 Å². The molecule has 2 nitrogen and oxygen atoms in total. The Labute approximate surface area is 62.2 Å². The number of hydrogen-bond donors (Lipinski definition) is 1. The van der Waals surface area contributed by atoms with E-state index in [1.165, 1.54) is 19.3 Å². The summed E-state index contributed by atoms with van der Waals surface area (Å²) in [5.41, 5.74) is 0. The largest absolute Gasteiger partial charge is 0.400 e. The van der Waals surface area contributed by atoms with Crippen LogP contribution in [0.2, 0.25) is 0 Å². The third-order valence-electron chi connectivity index (χ3n) is 2.27. The highest BCUT2D eigenvalue weighted by Crippen LogP contribution is 2.38. The minimum Gasteiger partial charge on any atom is -0.400 e. The molecule has 0 aromatic heterocycles. The fourth-order valence-electron chi connectivity index (χ4n) is 1.60. The van der Waals surface area contributed by atoms with Crippen molar-refractivity contribution >= 4 is 0 Å². The Kier molecular flexibility index (Phi) is 2.69. The Hall–Kier alpha value is -0.0800. The molecule has 1 saturated heterocycles. The predicted molar refractivity (Wildman–Crippen MR) is 39.8 cm³/mol. The molecule has 2 fully saturated rings. The first kappa shape index (κ1) is 8.02. The van der Waals surface area contributed by atoms with Crippen LogP contribution in [0.5, 0.6) is 0 Å². The van der Waals surface area contributed by atoms with Crippen molar-refractivity contribution in [3.8, 4) is 0 Å². The number of hydrogen-bond acceptors (Lipinski definition) is 2. The minimum absolute atomic E-state index is 0.679. The molecule has 60 valence electrons. The van der Waals surface area contributed by atoms with Gasteiger partial charge in [-0.25, -0.2) is 0 Å². The van der Waals surface area contributed by atoms with Crippen molar-refractivity contribution in [2.75, 3.05) is 7.11 Å². The first-order valence-electron chi connectivity index (χ1n) is 3.96. The maximum absolute atomic E-state index is 7.00. The van der Waals surface area contributed by atoms with Gasteiger partial charge in [0.05, 0.1) is 12.2 Å². The molecule has 0 aromatic carbocycles. The summed E-state index contributed by atoms with van der Waals surface area (Å²) < 4.78 is 5.35. The number of rotatable bonds is 0. The molecule has 1 aliphatic carbocycles. The van der Waals surface area contributed by atoms with Crippen LogP contribution in [0.3, 0.4) is 0 Å². The standard InChI is InChI=1S/C7H12O.CH4O/c1-5-2-3-6-7(4-5)8-6;1-2/h5-7H,2-4H2,1H3;2H,1H3. The van der Waals surface area contributed by atoms with Crippen LogP contribution in [0.25, 0.3) is 0 Å². The van der Waals surface area contributed by atoms with Crippen LogP contribution >= 0.6 is 0 Å². The summed E-state index contributed by atoms with van der Waals surface area (Å²) >= 11 is 0. The third kappa shape index (κ3) is 1.70. The Morgan fingerprint density at radius 3 is 2.40 bits per heavy atom. The Balaban J connectivity index is 0.000000231. The van der Waals surface area contributed by atoms with Crippen LogP contribution < -0.4 is 0 Å². The van der Waals surface area contributed by atoms with Crippen LogP contribution in [0.15, 0.2) is 0 Å². The molecular weight excluding hydrogens is 128 g/mol. The summed E-state index contributed by atoms with van der Waals surface area (Å²) in [4.78, 5) is 0. The average Bonchev–Trinajstić information content (AvgIpc) is 2.70. The van der Waals surface area contributed by atoms with Gasteiger partial charge in [-0.3, -0.25) is 0 Å². The van der Waals surface area contributed by atoms with E-state index < -0.39 is 0 Å². The van der Waals surface area contributed by atoms with Gasteiger partial charge in [-0.05, 0) is 25.2 Å². The van der Waals surface area contributed by atoms with Gasteiger partial charge in [0.1, 0.15) is 0 Å².